The number of rotatable bonds is 6. The van der Waals surface area contributed by atoms with E-state index in [0.29, 0.717) is 0 Å². The molecule has 0 aromatic carbocycles. The van der Waals surface area contributed by atoms with E-state index in [9.17, 15) is 0 Å². The molecule has 0 saturated carbocycles. The lowest BCUT2D eigenvalue weighted by Crippen LogP contribution is -2.68. The normalized spacial score (nSPS) is 10.9. The minimum Gasteiger partial charge on any atom is -0.222 e. The minimum absolute atomic E-state index is 1.12. The molecule has 7 heteroatoms. The van der Waals surface area contributed by atoms with Crippen LogP contribution in [0.2, 0.25) is 0 Å². The Morgan fingerprint density at radius 1 is 0.667 bits per heavy atom. The van der Waals surface area contributed by atoms with Crippen molar-refractivity contribution < 1.29 is 38.0 Å². The second kappa shape index (κ2) is 10.3. The van der Waals surface area contributed by atoms with Gasteiger partial charge in [0.1, 0.15) is 13.1 Å². The van der Waals surface area contributed by atoms with E-state index in [1.807, 2.05) is 0 Å². The maximum absolute atomic E-state index is 8.49. The van der Waals surface area contributed by atoms with E-state index in [-0.39, 0.29) is 0 Å². The minimum atomic E-state index is -4.94. The van der Waals surface area contributed by atoms with E-state index in [2.05, 4.69) is 72.0 Å². The van der Waals surface area contributed by atoms with Crippen LogP contribution in [0.3, 0.4) is 0 Å². The van der Waals surface area contributed by atoms with Crippen molar-refractivity contribution in [2.75, 3.05) is 0 Å². The highest BCUT2D eigenvalue weighted by Gasteiger charge is 2.02. The van der Waals surface area contributed by atoms with Crippen LogP contribution in [0, 0.1) is 24.1 Å². The molecule has 0 aliphatic rings. The molecule has 2 aromatic rings. The first-order valence-corrected chi connectivity index (χ1v) is 9.00. The average molecular weight is 356 g/mol. The summed E-state index contributed by atoms with van der Waals surface area (Å²) in [5.41, 5.74) is 2.65. The van der Waals surface area contributed by atoms with Gasteiger partial charge >= 0.3 is 0 Å². The molecule has 2 aromatic heterocycles. The number of pyridine rings is 2. The first-order valence-electron chi connectivity index (χ1n) is 7.77. The maximum atomic E-state index is 8.49. The molecule has 0 aliphatic carbocycles. The van der Waals surface area contributed by atoms with Crippen LogP contribution in [-0.2, 0) is 13.1 Å². The third-order valence-electron chi connectivity index (χ3n) is 3.45. The fourth-order valence-corrected chi connectivity index (χ4v) is 2.13. The number of aryl methyl sites for hydroxylation is 4. The molecule has 0 spiro atoms. The van der Waals surface area contributed by atoms with Crippen LogP contribution in [0.5, 0.6) is 0 Å². The van der Waals surface area contributed by atoms with Gasteiger partial charge in [0.05, 0.1) is 0 Å². The SMILES string of the molecule is Cc1cc[n+](CCCCC[n+]2ccc(C)cc2)cc1.[O-][Cl+3]([O-])([O-])[O-]. The molecule has 0 aliphatic heterocycles. The Morgan fingerprint density at radius 3 is 1.25 bits per heavy atom. The Balaban J connectivity index is 0.000000505. The van der Waals surface area contributed by atoms with Gasteiger partial charge in [0, 0.05) is 37.1 Å². The second-order valence-electron chi connectivity index (χ2n) is 5.67. The molecule has 0 N–H and O–H groups in total. The van der Waals surface area contributed by atoms with E-state index in [0.717, 1.165) is 13.1 Å². The van der Waals surface area contributed by atoms with Gasteiger partial charge in [-0.3, -0.25) is 0 Å². The molecule has 132 valence electrons. The average Bonchev–Trinajstić information content (AvgIpc) is 2.49. The third kappa shape index (κ3) is 11.0. The van der Waals surface area contributed by atoms with Crippen molar-refractivity contribution in [3.8, 4) is 0 Å². The molecule has 6 nitrogen and oxygen atoms in total. The van der Waals surface area contributed by atoms with Gasteiger partial charge in [-0.15, -0.1) is 10.2 Å². The van der Waals surface area contributed by atoms with Crippen LogP contribution >= 0.6 is 0 Å². The van der Waals surface area contributed by atoms with E-state index in [1.54, 1.807) is 0 Å². The van der Waals surface area contributed by atoms with Crippen LogP contribution in [-0.4, -0.2) is 0 Å². The molecule has 0 radical (unpaired) electrons. The lowest BCUT2D eigenvalue weighted by atomic mass is 10.2. The largest absolute Gasteiger partial charge is 0.222 e. The van der Waals surface area contributed by atoms with Gasteiger partial charge in [-0.2, -0.15) is 0 Å². The maximum Gasteiger partial charge on any atom is 0.169 e. The van der Waals surface area contributed by atoms with Gasteiger partial charge in [0.15, 0.2) is 24.8 Å². The fraction of sp³-hybridized carbons (Fsp3) is 0.412. The lowest BCUT2D eigenvalue weighted by molar-refractivity contribution is -2.00. The topological polar surface area (TPSA) is 100 Å². The first kappa shape index (κ1) is 20.5. The number of aromatic nitrogens is 2. The molecule has 24 heavy (non-hydrogen) atoms. The highest BCUT2D eigenvalue weighted by molar-refractivity contribution is 5.03. The zero-order valence-corrected chi connectivity index (χ0v) is 14.8. The molecule has 2 heterocycles. The predicted octanol–water partition coefficient (Wildman–Crippen LogP) is -2.01. The van der Waals surface area contributed by atoms with Gasteiger partial charge in [-0.05, 0) is 31.4 Å². The molecule has 0 unspecified atom stereocenters. The molecular formula is C17H24ClN2O4+. The number of hydrogen-bond acceptors (Lipinski definition) is 4. The zero-order chi connectivity index (χ0) is 18.0. The molecule has 0 fully saturated rings. The van der Waals surface area contributed by atoms with Crippen LogP contribution in [0.1, 0.15) is 30.4 Å². The van der Waals surface area contributed by atoms with Gasteiger partial charge in [-0.25, -0.2) is 27.8 Å². The summed E-state index contributed by atoms with van der Waals surface area (Å²) >= 11 is 0. The number of hydrogen-bond donors (Lipinski definition) is 0. The van der Waals surface area contributed by atoms with E-state index >= 15 is 0 Å². The second-order valence-corrected chi connectivity index (χ2v) is 6.42. The van der Waals surface area contributed by atoms with E-state index < -0.39 is 10.2 Å². The third-order valence-corrected chi connectivity index (χ3v) is 3.45. The Kier molecular flexibility index (Phi) is 8.81. The van der Waals surface area contributed by atoms with Crippen molar-refractivity contribution in [2.45, 2.75) is 46.2 Å². The summed E-state index contributed by atoms with van der Waals surface area (Å²) in [5, 5.41) is 0. The van der Waals surface area contributed by atoms with E-state index in [1.165, 1.54) is 30.4 Å². The smallest absolute Gasteiger partial charge is 0.169 e. The highest BCUT2D eigenvalue weighted by Crippen LogP contribution is 1.97. The van der Waals surface area contributed by atoms with Gasteiger partial charge in [0.2, 0.25) is 0 Å². The Morgan fingerprint density at radius 2 is 0.958 bits per heavy atom. The van der Waals surface area contributed by atoms with Gasteiger partial charge < -0.3 is 0 Å². The zero-order valence-electron chi connectivity index (χ0n) is 14.1. The number of nitrogens with zero attached hydrogens (tertiary/aromatic N) is 2. The standard InChI is InChI=1S/C17H24N2.ClHO4/c1-16-6-12-18(13-7-16)10-4-3-5-11-19-14-8-17(2)9-15-19;2-1(3,4)5/h6-9,12-15H,3-5,10-11H2,1-2H3;(H,2,3,4,5)/q+2;/p-1. The molecule has 2 rings (SSSR count). The summed E-state index contributed by atoms with van der Waals surface area (Å²) in [6.45, 7) is 6.50. The number of unbranched alkanes of at least 4 members (excludes halogenated alkanes) is 2. The summed E-state index contributed by atoms with van der Waals surface area (Å²) in [5.74, 6) is 0. The van der Waals surface area contributed by atoms with Crippen molar-refractivity contribution in [2.24, 2.45) is 0 Å². The summed E-state index contributed by atoms with van der Waals surface area (Å²) in [4.78, 5) is 0. The Hall–Kier alpha value is -1.57. The first-order chi connectivity index (χ1) is 11.2. The van der Waals surface area contributed by atoms with Gasteiger partial charge in [-0.1, -0.05) is 0 Å². The lowest BCUT2D eigenvalue weighted by Gasteiger charge is -2.17. The van der Waals surface area contributed by atoms with Crippen LogP contribution in [0.15, 0.2) is 49.1 Å². The molecule has 0 atom stereocenters. The highest BCUT2D eigenvalue weighted by atomic mass is 35.7. The van der Waals surface area contributed by atoms with Crippen molar-refractivity contribution in [3.63, 3.8) is 0 Å². The predicted molar refractivity (Wildman–Crippen MR) is 76.6 cm³/mol. The molecule has 0 saturated heterocycles. The van der Waals surface area contributed by atoms with Crippen molar-refractivity contribution >= 4 is 0 Å². The summed E-state index contributed by atoms with van der Waals surface area (Å²) in [6.07, 6.45) is 12.5. The quantitative estimate of drug-likeness (QED) is 0.441. The van der Waals surface area contributed by atoms with E-state index in [4.69, 9.17) is 18.6 Å². The van der Waals surface area contributed by atoms with Crippen molar-refractivity contribution in [1.29, 1.82) is 0 Å². The fourth-order valence-electron chi connectivity index (χ4n) is 2.13. The van der Waals surface area contributed by atoms with Crippen LogP contribution in [0.4, 0.5) is 0 Å². The number of halogens is 1. The monoisotopic (exact) mass is 355 g/mol. The Labute approximate surface area is 145 Å². The molecule has 0 bridgehead atoms. The van der Waals surface area contributed by atoms with Crippen LogP contribution in [0.25, 0.3) is 0 Å². The van der Waals surface area contributed by atoms with Crippen molar-refractivity contribution in [3.05, 3.63) is 60.2 Å². The summed E-state index contributed by atoms with van der Waals surface area (Å²) < 4.78 is 38.5. The molecule has 0 amide bonds. The Bertz CT molecular complexity index is 530. The summed E-state index contributed by atoms with van der Waals surface area (Å²) in [6, 6.07) is 8.68. The van der Waals surface area contributed by atoms with Crippen molar-refractivity contribution in [1.82, 2.24) is 0 Å². The van der Waals surface area contributed by atoms with Gasteiger partial charge in [0.25, 0.3) is 0 Å². The van der Waals surface area contributed by atoms with Crippen LogP contribution < -0.4 is 27.8 Å². The molecular weight excluding hydrogens is 332 g/mol. The summed E-state index contributed by atoms with van der Waals surface area (Å²) in [7, 11) is -4.94.